The van der Waals surface area contributed by atoms with Crippen molar-refractivity contribution in [1.29, 1.82) is 0 Å². The van der Waals surface area contributed by atoms with Crippen molar-refractivity contribution in [2.45, 2.75) is 38.8 Å². The summed E-state index contributed by atoms with van der Waals surface area (Å²) >= 11 is 0. The largest absolute Gasteiger partial charge is 0.309 e. The van der Waals surface area contributed by atoms with Gasteiger partial charge in [0.05, 0.1) is 0 Å². The van der Waals surface area contributed by atoms with Gasteiger partial charge in [-0.05, 0) is 44.8 Å². The molecule has 2 saturated carbocycles. The Hall–Kier alpha value is -0.120. The Labute approximate surface area is 100.0 Å². The molecule has 5 unspecified atom stereocenters. The SMILES string of the molecule is CCNC12C(C)C(C)CC1C2N(C)CNC. The lowest BCUT2D eigenvalue weighted by Gasteiger charge is -2.30. The third-order valence-corrected chi connectivity index (χ3v) is 4.97. The van der Waals surface area contributed by atoms with Gasteiger partial charge in [-0.15, -0.1) is 0 Å². The predicted molar refractivity (Wildman–Crippen MR) is 68.3 cm³/mol. The lowest BCUT2D eigenvalue weighted by Crippen LogP contribution is -2.46. The Kier molecular flexibility index (Phi) is 3.30. The fraction of sp³-hybridized carbons (Fsp3) is 1.00. The maximum atomic E-state index is 3.80. The van der Waals surface area contributed by atoms with Crippen molar-refractivity contribution in [2.75, 3.05) is 27.3 Å². The molecule has 94 valence electrons. The second-order valence-electron chi connectivity index (χ2n) is 5.79. The minimum atomic E-state index is 0.416. The van der Waals surface area contributed by atoms with Crippen molar-refractivity contribution >= 4 is 0 Å². The van der Waals surface area contributed by atoms with Gasteiger partial charge >= 0.3 is 0 Å². The van der Waals surface area contributed by atoms with E-state index < -0.39 is 0 Å². The predicted octanol–water partition coefficient (Wildman–Crippen LogP) is 1.12. The van der Waals surface area contributed by atoms with Crippen LogP contribution < -0.4 is 10.6 Å². The normalized spacial score (nSPS) is 46.1. The van der Waals surface area contributed by atoms with Gasteiger partial charge in [0.15, 0.2) is 0 Å². The fourth-order valence-electron chi connectivity index (χ4n) is 4.19. The monoisotopic (exact) mass is 225 g/mol. The van der Waals surface area contributed by atoms with E-state index in [0.717, 1.165) is 37.0 Å². The molecule has 0 bridgehead atoms. The highest BCUT2D eigenvalue weighted by Crippen LogP contribution is 2.62. The Morgan fingerprint density at radius 1 is 1.38 bits per heavy atom. The summed E-state index contributed by atoms with van der Waals surface area (Å²) in [4.78, 5) is 2.48. The lowest BCUT2D eigenvalue weighted by atomic mass is 9.90. The molecule has 0 aromatic heterocycles. The van der Waals surface area contributed by atoms with Crippen molar-refractivity contribution in [3.8, 4) is 0 Å². The van der Waals surface area contributed by atoms with Gasteiger partial charge in [0.2, 0.25) is 0 Å². The fourth-order valence-corrected chi connectivity index (χ4v) is 4.19. The molecule has 0 heterocycles. The number of likely N-dealkylation sites (N-methyl/N-ethyl adjacent to an activating group) is 2. The molecule has 0 amide bonds. The third kappa shape index (κ3) is 1.52. The van der Waals surface area contributed by atoms with E-state index in [0.29, 0.717) is 5.54 Å². The number of nitrogens with zero attached hydrogens (tertiary/aromatic N) is 1. The molecule has 0 radical (unpaired) electrons. The Balaban J connectivity index is 2.09. The molecular weight excluding hydrogens is 198 g/mol. The third-order valence-electron chi connectivity index (χ3n) is 4.97. The maximum absolute atomic E-state index is 3.80. The van der Waals surface area contributed by atoms with Gasteiger partial charge in [0.25, 0.3) is 0 Å². The summed E-state index contributed by atoms with van der Waals surface area (Å²) in [6.07, 6.45) is 1.40. The zero-order chi connectivity index (χ0) is 11.9. The van der Waals surface area contributed by atoms with Crippen molar-refractivity contribution in [3.63, 3.8) is 0 Å². The van der Waals surface area contributed by atoms with E-state index in [-0.39, 0.29) is 0 Å². The molecule has 2 N–H and O–H groups in total. The minimum Gasteiger partial charge on any atom is -0.309 e. The van der Waals surface area contributed by atoms with Gasteiger partial charge in [-0.3, -0.25) is 4.90 Å². The number of nitrogens with one attached hydrogen (secondary N) is 2. The smallest absolute Gasteiger partial charge is 0.0478 e. The lowest BCUT2D eigenvalue weighted by molar-refractivity contribution is 0.204. The van der Waals surface area contributed by atoms with E-state index in [9.17, 15) is 0 Å². The van der Waals surface area contributed by atoms with Crippen LogP contribution in [0.1, 0.15) is 27.2 Å². The molecule has 2 rings (SSSR count). The van der Waals surface area contributed by atoms with Crippen molar-refractivity contribution in [1.82, 2.24) is 15.5 Å². The first-order valence-electron chi connectivity index (χ1n) is 6.69. The zero-order valence-corrected chi connectivity index (χ0v) is 11.4. The van der Waals surface area contributed by atoms with Crippen molar-refractivity contribution in [3.05, 3.63) is 0 Å². The van der Waals surface area contributed by atoms with Crippen LogP contribution >= 0.6 is 0 Å². The van der Waals surface area contributed by atoms with Crippen LogP contribution in [0.25, 0.3) is 0 Å². The quantitative estimate of drug-likeness (QED) is 0.687. The van der Waals surface area contributed by atoms with Gasteiger partial charge < -0.3 is 10.6 Å². The molecular formula is C13H27N3. The number of hydrogen-bond acceptors (Lipinski definition) is 3. The molecule has 5 atom stereocenters. The van der Waals surface area contributed by atoms with Gasteiger partial charge in [-0.25, -0.2) is 0 Å². The maximum Gasteiger partial charge on any atom is 0.0478 e. The molecule has 3 nitrogen and oxygen atoms in total. The van der Waals surface area contributed by atoms with Gasteiger partial charge in [0, 0.05) is 18.2 Å². The highest BCUT2D eigenvalue weighted by atomic mass is 15.3. The van der Waals surface area contributed by atoms with Crippen LogP contribution in [0.4, 0.5) is 0 Å². The summed E-state index contributed by atoms with van der Waals surface area (Å²) in [7, 11) is 4.27. The molecule has 0 aliphatic heterocycles. The van der Waals surface area contributed by atoms with E-state index in [1.165, 1.54) is 6.42 Å². The summed E-state index contributed by atoms with van der Waals surface area (Å²) in [5.74, 6) is 2.56. The van der Waals surface area contributed by atoms with Crippen LogP contribution in [-0.2, 0) is 0 Å². The van der Waals surface area contributed by atoms with E-state index in [4.69, 9.17) is 0 Å². The van der Waals surface area contributed by atoms with Gasteiger partial charge in [0.1, 0.15) is 0 Å². The molecule has 3 heteroatoms. The highest BCUT2D eigenvalue weighted by molar-refractivity contribution is 5.29. The van der Waals surface area contributed by atoms with Crippen LogP contribution in [-0.4, -0.2) is 43.8 Å². The molecule has 0 saturated heterocycles. The summed E-state index contributed by atoms with van der Waals surface area (Å²) in [6, 6.07) is 0.742. The standard InChI is InChI=1S/C13H27N3/c1-6-15-13-10(3)9(2)7-11(13)12(13)16(5)8-14-4/h9-12,14-15H,6-8H2,1-5H3. The van der Waals surface area contributed by atoms with Crippen molar-refractivity contribution < 1.29 is 0 Å². The van der Waals surface area contributed by atoms with Crippen LogP contribution in [0, 0.1) is 17.8 Å². The number of fused-ring (bicyclic) bond motifs is 1. The molecule has 2 aliphatic rings. The van der Waals surface area contributed by atoms with Crippen LogP contribution in [0.15, 0.2) is 0 Å². The zero-order valence-electron chi connectivity index (χ0n) is 11.4. The van der Waals surface area contributed by atoms with Crippen LogP contribution in [0.5, 0.6) is 0 Å². The number of rotatable bonds is 5. The van der Waals surface area contributed by atoms with E-state index in [1.54, 1.807) is 0 Å². The average Bonchev–Trinajstić information content (AvgIpc) is 2.79. The molecule has 0 aromatic rings. The molecule has 0 aromatic carbocycles. The first-order valence-corrected chi connectivity index (χ1v) is 6.69. The van der Waals surface area contributed by atoms with E-state index in [2.05, 4.69) is 43.4 Å². The van der Waals surface area contributed by atoms with Crippen LogP contribution in [0.2, 0.25) is 0 Å². The van der Waals surface area contributed by atoms with E-state index >= 15 is 0 Å². The summed E-state index contributed by atoms with van der Waals surface area (Å²) in [5.41, 5.74) is 0.416. The Morgan fingerprint density at radius 3 is 2.62 bits per heavy atom. The first kappa shape index (κ1) is 12.3. The molecule has 0 spiro atoms. The second kappa shape index (κ2) is 4.28. The van der Waals surface area contributed by atoms with Gasteiger partial charge in [-0.1, -0.05) is 20.8 Å². The van der Waals surface area contributed by atoms with E-state index in [1.807, 2.05) is 7.05 Å². The topological polar surface area (TPSA) is 27.3 Å². The minimum absolute atomic E-state index is 0.416. The first-order chi connectivity index (χ1) is 7.59. The molecule has 2 fully saturated rings. The Morgan fingerprint density at radius 2 is 2.06 bits per heavy atom. The highest BCUT2D eigenvalue weighted by Gasteiger charge is 2.72. The summed E-state index contributed by atoms with van der Waals surface area (Å²) in [5, 5.41) is 7.06. The average molecular weight is 225 g/mol. The Bertz CT molecular complexity index is 256. The molecule has 16 heavy (non-hydrogen) atoms. The summed E-state index contributed by atoms with van der Waals surface area (Å²) in [6.45, 7) is 9.16. The number of hydrogen-bond donors (Lipinski definition) is 2. The summed E-state index contributed by atoms with van der Waals surface area (Å²) < 4.78 is 0. The van der Waals surface area contributed by atoms with Crippen LogP contribution in [0.3, 0.4) is 0 Å². The van der Waals surface area contributed by atoms with Gasteiger partial charge in [-0.2, -0.15) is 0 Å². The van der Waals surface area contributed by atoms with Crippen molar-refractivity contribution in [2.24, 2.45) is 17.8 Å². The molecule has 2 aliphatic carbocycles. The second-order valence-corrected chi connectivity index (χ2v) is 5.79.